The van der Waals surface area contributed by atoms with Crippen molar-refractivity contribution in [2.45, 2.75) is 71.9 Å². The van der Waals surface area contributed by atoms with Crippen LogP contribution in [0.15, 0.2) is 0 Å². The summed E-state index contributed by atoms with van der Waals surface area (Å²) in [6.45, 7) is 12.7. The van der Waals surface area contributed by atoms with Crippen molar-refractivity contribution in [3.63, 3.8) is 0 Å². The first-order valence-corrected chi connectivity index (χ1v) is 7.40. The normalized spacial score (nSPS) is 16.2. The molecule has 0 spiro atoms. The number of nitrogens with one attached hydrogen (secondary N) is 1. The van der Waals surface area contributed by atoms with Crippen LogP contribution in [0.2, 0.25) is 0 Å². The zero-order chi connectivity index (χ0) is 13.5. The predicted molar refractivity (Wildman–Crippen MR) is 78.5 cm³/mol. The van der Waals surface area contributed by atoms with Gasteiger partial charge in [-0.25, -0.2) is 0 Å². The lowest BCUT2D eigenvalue weighted by Crippen LogP contribution is -2.61. The Morgan fingerprint density at radius 3 is 1.88 bits per heavy atom. The van der Waals surface area contributed by atoms with Crippen molar-refractivity contribution in [3.8, 4) is 0 Å². The van der Waals surface area contributed by atoms with E-state index in [0.29, 0.717) is 11.6 Å². The molecule has 0 heterocycles. The molecule has 0 rings (SSSR count). The van der Waals surface area contributed by atoms with Crippen molar-refractivity contribution in [3.05, 3.63) is 0 Å². The molecular formula is C15H34N2. The fourth-order valence-corrected chi connectivity index (χ4v) is 3.06. The van der Waals surface area contributed by atoms with Gasteiger partial charge < -0.3 is 10.2 Å². The highest BCUT2D eigenvalue weighted by molar-refractivity contribution is 4.99. The molecule has 0 radical (unpaired) electrons. The van der Waals surface area contributed by atoms with Crippen LogP contribution < -0.4 is 5.32 Å². The number of hydrogen-bond acceptors (Lipinski definition) is 2. The summed E-state index contributed by atoms with van der Waals surface area (Å²) in [6.07, 6.45) is 4.88. The number of nitrogens with zero attached hydrogens (tertiary/aromatic N) is 1. The SMILES string of the molecule is CCCNC(C(C)CC)C(CC)(CC)N(C)C. The van der Waals surface area contributed by atoms with Crippen molar-refractivity contribution in [1.29, 1.82) is 0 Å². The van der Waals surface area contributed by atoms with Crippen LogP contribution in [0.3, 0.4) is 0 Å². The molecule has 0 aromatic rings. The molecule has 2 unspecified atom stereocenters. The van der Waals surface area contributed by atoms with E-state index in [4.69, 9.17) is 0 Å². The summed E-state index contributed by atoms with van der Waals surface area (Å²) in [7, 11) is 4.46. The molecule has 0 saturated heterocycles. The van der Waals surface area contributed by atoms with Gasteiger partial charge in [-0.05, 0) is 45.8 Å². The molecule has 2 heteroatoms. The first-order chi connectivity index (χ1) is 7.99. The summed E-state index contributed by atoms with van der Waals surface area (Å²) in [5.74, 6) is 0.726. The minimum absolute atomic E-state index is 0.296. The second-order valence-electron chi connectivity index (χ2n) is 5.52. The molecule has 17 heavy (non-hydrogen) atoms. The maximum atomic E-state index is 3.80. The summed E-state index contributed by atoms with van der Waals surface area (Å²) in [4.78, 5) is 2.44. The van der Waals surface area contributed by atoms with E-state index in [1.807, 2.05) is 0 Å². The van der Waals surface area contributed by atoms with Crippen LogP contribution in [-0.2, 0) is 0 Å². The highest BCUT2D eigenvalue weighted by atomic mass is 15.2. The molecule has 0 amide bonds. The van der Waals surface area contributed by atoms with Gasteiger partial charge in [-0.15, -0.1) is 0 Å². The number of likely N-dealkylation sites (N-methyl/N-ethyl adjacent to an activating group) is 1. The second kappa shape index (κ2) is 8.10. The summed E-state index contributed by atoms with van der Waals surface area (Å²) < 4.78 is 0. The van der Waals surface area contributed by atoms with Crippen LogP contribution in [0.25, 0.3) is 0 Å². The van der Waals surface area contributed by atoms with Crippen molar-refractivity contribution in [1.82, 2.24) is 10.2 Å². The second-order valence-corrected chi connectivity index (χ2v) is 5.52. The Kier molecular flexibility index (Phi) is 8.06. The van der Waals surface area contributed by atoms with Crippen LogP contribution in [0, 0.1) is 5.92 Å². The monoisotopic (exact) mass is 242 g/mol. The Balaban J connectivity index is 5.05. The largest absolute Gasteiger partial charge is 0.312 e. The van der Waals surface area contributed by atoms with Gasteiger partial charge in [0, 0.05) is 11.6 Å². The highest BCUT2D eigenvalue weighted by Crippen LogP contribution is 2.31. The molecule has 0 aromatic carbocycles. The van der Waals surface area contributed by atoms with Crippen LogP contribution in [-0.4, -0.2) is 37.1 Å². The van der Waals surface area contributed by atoms with Crippen LogP contribution in [0.1, 0.15) is 60.3 Å². The summed E-state index contributed by atoms with van der Waals surface area (Å²) in [5.41, 5.74) is 0.296. The fourth-order valence-electron chi connectivity index (χ4n) is 3.06. The van der Waals surface area contributed by atoms with Crippen molar-refractivity contribution < 1.29 is 0 Å². The molecule has 0 fully saturated rings. The third-order valence-corrected chi connectivity index (χ3v) is 4.52. The third-order valence-electron chi connectivity index (χ3n) is 4.52. The topological polar surface area (TPSA) is 15.3 Å². The molecule has 1 N–H and O–H groups in total. The molecule has 104 valence electrons. The highest BCUT2D eigenvalue weighted by Gasteiger charge is 2.39. The number of rotatable bonds is 9. The Morgan fingerprint density at radius 1 is 1.06 bits per heavy atom. The van der Waals surface area contributed by atoms with Gasteiger partial charge in [-0.3, -0.25) is 0 Å². The maximum absolute atomic E-state index is 3.80. The minimum Gasteiger partial charge on any atom is -0.312 e. The van der Waals surface area contributed by atoms with E-state index >= 15 is 0 Å². The smallest absolute Gasteiger partial charge is 0.0353 e. The van der Waals surface area contributed by atoms with E-state index in [-0.39, 0.29) is 0 Å². The molecule has 0 bridgehead atoms. The lowest BCUT2D eigenvalue weighted by atomic mass is 9.76. The van der Waals surface area contributed by atoms with Crippen molar-refractivity contribution >= 4 is 0 Å². The lowest BCUT2D eigenvalue weighted by molar-refractivity contribution is 0.0620. The summed E-state index contributed by atoms with van der Waals surface area (Å²) in [5, 5.41) is 3.80. The lowest BCUT2D eigenvalue weighted by Gasteiger charge is -2.48. The van der Waals surface area contributed by atoms with Crippen LogP contribution in [0.4, 0.5) is 0 Å². The molecule has 2 nitrogen and oxygen atoms in total. The van der Waals surface area contributed by atoms with Crippen molar-refractivity contribution in [2.24, 2.45) is 5.92 Å². The zero-order valence-electron chi connectivity index (χ0n) is 13.1. The van der Waals surface area contributed by atoms with E-state index in [1.165, 1.54) is 25.7 Å². The Morgan fingerprint density at radius 2 is 1.59 bits per heavy atom. The van der Waals surface area contributed by atoms with Crippen molar-refractivity contribution in [2.75, 3.05) is 20.6 Å². The van der Waals surface area contributed by atoms with Gasteiger partial charge in [0.15, 0.2) is 0 Å². The molecule has 0 aliphatic heterocycles. The molecule has 0 aromatic heterocycles. The third kappa shape index (κ3) is 3.96. The summed E-state index contributed by atoms with van der Waals surface area (Å²) >= 11 is 0. The van der Waals surface area contributed by atoms with E-state index in [9.17, 15) is 0 Å². The first kappa shape index (κ1) is 16.9. The van der Waals surface area contributed by atoms with Crippen LogP contribution >= 0.6 is 0 Å². The van der Waals surface area contributed by atoms with Gasteiger partial charge in [-0.2, -0.15) is 0 Å². The Hall–Kier alpha value is -0.0800. The molecule has 0 aliphatic rings. The molecular weight excluding hydrogens is 208 g/mol. The Labute approximate surface area is 109 Å². The summed E-state index contributed by atoms with van der Waals surface area (Å²) in [6, 6.07) is 0.595. The van der Waals surface area contributed by atoms with Gasteiger partial charge in [-0.1, -0.05) is 41.0 Å². The van der Waals surface area contributed by atoms with Gasteiger partial charge in [0.05, 0.1) is 0 Å². The quantitative estimate of drug-likeness (QED) is 0.665. The van der Waals surface area contributed by atoms with Gasteiger partial charge in [0.1, 0.15) is 0 Å². The first-order valence-electron chi connectivity index (χ1n) is 7.40. The molecule has 0 saturated carbocycles. The minimum atomic E-state index is 0.296. The fraction of sp³-hybridized carbons (Fsp3) is 1.00. The average Bonchev–Trinajstić information content (AvgIpc) is 2.33. The maximum Gasteiger partial charge on any atom is 0.0353 e. The van der Waals surface area contributed by atoms with Gasteiger partial charge in [0.2, 0.25) is 0 Å². The average molecular weight is 242 g/mol. The predicted octanol–water partition coefficient (Wildman–Crippen LogP) is 3.52. The van der Waals surface area contributed by atoms with E-state index in [0.717, 1.165) is 12.5 Å². The number of hydrogen-bond donors (Lipinski definition) is 1. The van der Waals surface area contributed by atoms with Gasteiger partial charge >= 0.3 is 0 Å². The van der Waals surface area contributed by atoms with E-state index in [1.54, 1.807) is 0 Å². The zero-order valence-corrected chi connectivity index (χ0v) is 13.1. The standard InChI is InChI=1S/C15H34N2/c1-8-12-16-14(13(5)9-2)15(10-3,11-4)17(6)7/h13-14,16H,8-12H2,1-7H3. The van der Waals surface area contributed by atoms with Crippen LogP contribution in [0.5, 0.6) is 0 Å². The van der Waals surface area contributed by atoms with E-state index in [2.05, 4.69) is 58.9 Å². The van der Waals surface area contributed by atoms with E-state index < -0.39 is 0 Å². The molecule has 2 atom stereocenters. The Bertz CT molecular complexity index is 185. The van der Waals surface area contributed by atoms with Gasteiger partial charge in [0.25, 0.3) is 0 Å². The molecule has 0 aliphatic carbocycles.